The van der Waals surface area contributed by atoms with Crippen LogP contribution in [0.4, 0.5) is 4.79 Å². The standard InChI is InChI=1S/C10H15Cl3N2O2S3/c1-6-5-18-7(9(2,3)19-6)14-17-8(16)15(4)20-10(11,12)13/h6H,5H2,1-4H3. The zero-order valence-electron chi connectivity index (χ0n) is 11.4. The molecule has 0 aromatic rings. The third-order valence-corrected chi connectivity index (χ3v) is 6.64. The topological polar surface area (TPSA) is 41.9 Å². The average molecular weight is 398 g/mol. The van der Waals surface area contributed by atoms with Crippen LogP contribution in [-0.4, -0.2) is 41.4 Å². The summed E-state index contributed by atoms with van der Waals surface area (Å²) in [4.78, 5) is 16.6. The number of carbonyl (C=O) groups excluding carboxylic acids is 1. The second kappa shape index (κ2) is 7.42. The molecule has 0 aromatic carbocycles. The lowest BCUT2D eigenvalue weighted by Gasteiger charge is -2.33. The molecule has 0 aliphatic carbocycles. The van der Waals surface area contributed by atoms with Gasteiger partial charge < -0.3 is 0 Å². The van der Waals surface area contributed by atoms with E-state index in [4.69, 9.17) is 39.6 Å². The lowest BCUT2D eigenvalue weighted by atomic mass is 10.2. The fourth-order valence-corrected chi connectivity index (χ4v) is 5.55. The Morgan fingerprint density at radius 1 is 1.55 bits per heavy atom. The Morgan fingerprint density at radius 3 is 2.65 bits per heavy atom. The van der Waals surface area contributed by atoms with E-state index in [1.165, 1.54) is 7.05 Å². The molecule has 0 saturated carbocycles. The van der Waals surface area contributed by atoms with E-state index in [9.17, 15) is 4.79 Å². The van der Waals surface area contributed by atoms with Crippen molar-refractivity contribution in [1.82, 2.24) is 4.31 Å². The quantitative estimate of drug-likeness (QED) is 0.284. The lowest BCUT2D eigenvalue weighted by Crippen LogP contribution is -2.34. The number of alkyl halides is 3. The Bertz CT molecular complexity index is 402. The Kier molecular flexibility index (Phi) is 7.01. The van der Waals surface area contributed by atoms with Gasteiger partial charge in [-0.3, -0.25) is 4.84 Å². The molecule has 1 aliphatic rings. The summed E-state index contributed by atoms with van der Waals surface area (Å²) in [5, 5.41) is 5.26. The molecule has 0 radical (unpaired) electrons. The third-order valence-electron chi connectivity index (χ3n) is 2.17. The van der Waals surface area contributed by atoms with Crippen LogP contribution in [0, 0.1) is 0 Å². The molecule has 0 bridgehead atoms. The van der Waals surface area contributed by atoms with Crippen LogP contribution in [0.3, 0.4) is 0 Å². The molecule has 116 valence electrons. The van der Waals surface area contributed by atoms with Crippen LogP contribution in [0.2, 0.25) is 0 Å². The Hall–Kier alpha value is 0.860. The van der Waals surface area contributed by atoms with Gasteiger partial charge >= 0.3 is 6.09 Å². The summed E-state index contributed by atoms with van der Waals surface area (Å²) in [5.41, 5.74) is 0. The summed E-state index contributed by atoms with van der Waals surface area (Å²) in [6, 6.07) is 0. The molecule has 1 rings (SSSR count). The van der Waals surface area contributed by atoms with Gasteiger partial charge in [-0.25, -0.2) is 9.10 Å². The van der Waals surface area contributed by atoms with Crippen molar-refractivity contribution in [2.24, 2.45) is 5.16 Å². The fourth-order valence-electron chi connectivity index (χ4n) is 1.42. The highest BCUT2D eigenvalue weighted by Crippen LogP contribution is 2.42. The zero-order valence-corrected chi connectivity index (χ0v) is 16.1. The van der Waals surface area contributed by atoms with E-state index in [1.54, 1.807) is 23.5 Å². The molecule has 1 aliphatic heterocycles. The van der Waals surface area contributed by atoms with E-state index in [2.05, 4.69) is 12.1 Å². The number of amides is 1. The normalized spacial score (nSPS) is 24.6. The number of nitrogens with zero attached hydrogens (tertiary/aromatic N) is 2. The monoisotopic (exact) mass is 396 g/mol. The SMILES string of the molecule is CC1CSC(=NOC(=O)N(C)SC(Cl)(Cl)Cl)C(C)(C)S1. The molecule has 10 heteroatoms. The molecule has 20 heavy (non-hydrogen) atoms. The van der Waals surface area contributed by atoms with Crippen LogP contribution < -0.4 is 0 Å². The predicted molar refractivity (Wildman–Crippen MR) is 93.2 cm³/mol. The van der Waals surface area contributed by atoms with Gasteiger partial charge in [0.15, 0.2) is 0 Å². The van der Waals surface area contributed by atoms with Crippen molar-refractivity contribution in [2.75, 3.05) is 12.8 Å². The van der Waals surface area contributed by atoms with Crippen molar-refractivity contribution in [3.63, 3.8) is 0 Å². The number of rotatable bonds is 2. The van der Waals surface area contributed by atoms with Crippen LogP contribution in [0.1, 0.15) is 20.8 Å². The molecule has 1 unspecified atom stereocenters. The van der Waals surface area contributed by atoms with Gasteiger partial charge in [0.2, 0.25) is 0 Å². The lowest BCUT2D eigenvalue weighted by molar-refractivity contribution is 0.137. The Balaban J connectivity index is 2.61. The molecule has 1 fully saturated rings. The van der Waals surface area contributed by atoms with Crippen molar-refractivity contribution >= 4 is 81.4 Å². The van der Waals surface area contributed by atoms with E-state index < -0.39 is 9.22 Å². The van der Waals surface area contributed by atoms with E-state index >= 15 is 0 Å². The first kappa shape index (κ1) is 18.9. The van der Waals surface area contributed by atoms with Gasteiger partial charge in [-0.05, 0) is 13.8 Å². The van der Waals surface area contributed by atoms with Crippen LogP contribution >= 0.6 is 70.3 Å². The molecule has 1 heterocycles. The first-order valence-electron chi connectivity index (χ1n) is 5.61. The van der Waals surface area contributed by atoms with Gasteiger partial charge in [0.1, 0.15) is 5.04 Å². The van der Waals surface area contributed by atoms with Gasteiger partial charge in [0.25, 0.3) is 3.12 Å². The summed E-state index contributed by atoms with van der Waals surface area (Å²) in [5.74, 6) is 0.934. The maximum atomic E-state index is 11.7. The summed E-state index contributed by atoms with van der Waals surface area (Å²) in [6.07, 6.45) is -0.686. The number of oxime groups is 1. The van der Waals surface area contributed by atoms with Crippen LogP contribution in [0.25, 0.3) is 0 Å². The summed E-state index contributed by atoms with van der Waals surface area (Å²) < 4.78 is -0.706. The third kappa shape index (κ3) is 6.32. The van der Waals surface area contributed by atoms with Gasteiger partial charge in [0.05, 0.1) is 4.75 Å². The average Bonchev–Trinajstić information content (AvgIpc) is 2.23. The number of carbonyl (C=O) groups is 1. The molecule has 0 N–H and O–H groups in total. The van der Waals surface area contributed by atoms with Crippen molar-refractivity contribution in [2.45, 2.75) is 33.9 Å². The van der Waals surface area contributed by atoms with E-state index in [1.807, 2.05) is 13.8 Å². The maximum Gasteiger partial charge on any atom is 0.445 e. The van der Waals surface area contributed by atoms with E-state index in [0.717, 1.165) is 27.0 Å². The van der Waals surface area contributed by atoms with Crippen molar-refractivity contribution in [3.8, 4) is 0 Å². The zero-order chi connectivity index (χ0) is 15.6. The first-order chi connectivity index (χ1) is 9.01. The van der Waals surface area contributed by atoms with Crippen LogP contribution in [0.5, 0.6) is 0 Å². The van der Waals surface area contributed by atoms with E-state index in [-0.39, 0.29) is 4.75 Å². The summed E-state index contributed by atoms with van der Waals surface area (Å²) in [6.45, 7) is 6.26. The molecular weight excluding hydrogens is 383 g/mol. The van der Waals surface area contributed by atoms with Crippen molar-refractivity contribution in [1.29, 1.82) is 0 Å². The highest BCUT2D eigenvalue weighted by Gasteiger charge is 2.34. The number of halogens is 3. The molecule has 4 nitrogen and oxygen atoms in total. The number of hydrogen-bond acceptors (Lipinski definition) is 6. The second-order valence-electron chi connectivity index (χ2n) is 4.54. The predicted octanol–water partition coefficient (Wildman–Crippen LogP) is 4.99. The van der Waals surface area contributed by atoms with Gasteiger partial charge in [0, 0.05) is 30.0 Å². The van der Waals surface area contributed by atoms with Crippen molar-refractivity contribution in [3.05, 3.63) is 0 Å². The van der Waals surface area contributed by atoms with E-state index in [0.29, 0.717) is 5.25 Å². The minimum Gasteiger partial charge on any atom is -0.296 e. The first-order valence-corrected chi connectivity index (χ1v) is 9.38. The summed E-state index contributed by atoms with van der Waals surface area (Å²) >= 11 is 20.9. The highest BCUT2D eigenvalue weighted by molar-refractivity contribution is 8.19. The van der Waals surface area contributed by atoms with Crippen LogP contribution in [-0.2, 0) is 4.84 Å². The van der Waals surface area contributed by atoms with Gasteiger partial charge in [-0.2, -0.15) is 0 Å². The molecular formula is C10H15Cl3N2O2S3. The summed E-state index contributed by atoms with van der Waals surface area (Å²) in [7, 11) is 1.45. The molecule has 1 atom stereocenters. The molecule has 1 saturated heterocycles. The molecule has 0 spiro atoms. The Morgan fingerprint density at radius 2 is 2.15 bits per heavy atom. The number of thioether (sulfide) groups is 2. The number of hydrogen-bond donors (Lipinski definition) is 0. The minimum absolute atomic E-state index is 0.177. The van der Waals surface area contributed by atoms with Crippen LogP contribution in [0.15, 0.2) is 5.16 Å². The van der Waals surface area contributed by atoms with Gasteiger partial charge in [-0.1, -0.05) is 46.9 Å². The molecule has 1 amide bonds. The smallest absolute Gasteiger partial charge is 0.296 e. The largest absolute Gasteiger partial charge is 0.445 e. The Labute approximate surface area is 146 Å². The minimum atomic E-state index is -1.62. The fraction of sp³-hybridized carbons (Fsp3) is 0.800. The van der Waals surface area contributed by atoms with Crippen molar-refractivity contribution < 1.29 is 9.63 Å². The van der Waals surface area contributed by atoms with Gasteiger partial charge in [-0.15, -0.1) is 23.5 Å². The molecule has 0 aromatic heterocycles. The second-order valence-corrected chi connectivity index (χ2v) is 11.9. The highest BCUT2D eigenvalue weighted by atomic mass is 35.6. The maximum absolute atomic E-state index is 11.7.